The summed E-state index contributed by atoms with van der Waals surface area (Å²) in [6.07, 6.45) is 4.28. The Kier molecular flexibility index (Phi) is 4.53. The quantitative estimate of drug-likeness (QED) is 0.840. The first-order valence-corrected chi connectivity index (χ1v) is 8.01. The minimum atomic E-state index is -0.0722. The van der Waals surface area contributed by atoms with Gasteiger partial charge in [0.25, 0.3) is 11.8 Å². The maximum atomic E-state index is 12.3. The molecule has 0 radical (unpaired) electrons. The molecule has 0 bridgehead atoms. The summed E-state index contributed by atoms with van der Waals surface area (Å²) in [5.41, 5.74) is 1.06. The number of hydrogen-bond donors (Lipinski definition) is 0. The van der Waals surface area contributed by atoms with Gasteiger partial charge in [0.15, 0.2) is 0 Å². The zero-order valence-electron chi connectivity index (χ0n) is 12.3. The first-order valence-electron chi connectivity index (χ1n) is 7.07. The molecule has 1 unspecified atom stereocenters. The molecule has 7 heteroatoms. The van der Waals surface area contributed by atoms with Crippen LogP contribution in [0.15, 0.2) is 29.2 Å². The number of amides is 1. The van der Waals surface area contributed by atoms with Crippen molar-refractivity contribution in [1.29, 1.82) is 0 Å². The summed E-state index contributed by atoms with van der Waals surface area (Å²) in [6.45, 7) is 1.28. The molecule has 1 fully saturated rings. The molecule has 1 aliphatic heterocycles. The van der Waals surface area contributed by atoms with E-state index in [1.807, 2.05) is 21.7 Å². The lowest BCUT2D eigenvalue weighted by Gasteiger charge is -2.17. The van der Waals surface area contributed by atoms with Crippen molar-refractivity contribution >= 4 is 17.2 Å². The molecule has 1 aliphatic rings. The molecule has 6 nitrogen and oxygen atoms in total. The molecule has 3 heterocycles. The first-order chi connectivity index (χ1) is 10.8. The van der Waals surface area contributed by atoms with Crippen molar-refractivity contribution in [2.75, 3.05) is 20.2 Å². The highest BCUT2D eigenvalue weighted by Crippen LogP contribution is 2.24. The van der Waals surface area contributed by atoms with Crippen molar-refractivity contribution in [2.24, 2.45) is 0 Å². The van der Waals surface area contributed by atoms with Crippen LogP contribution in [0, 0.1) is 0 Å². The Morgan fingerprint density at radius 1 is 1.41 bits per heavy atom. The number of rotatable bonds is 5. The predicted octanol–water partition coefficient (Wildman–Crippen LogP) is 1.77. The summed E-state index contributed by atoms with van der Waals surface area (Å²) in [7, 11) is 1.53. The molecule has 0 spiro atoms. The third kappa shape index (κ3) is 3.36. The number of hydrogen-bond acceptors (Lipinski definition) is 6. The van der Waals surface area contributed by atoms with Crippen molar-refractivity contribution in [1.82, 2.24) is 14.9 Å². The molecule has 22 heavy (non-hydrogen) atoms. The van der Waals surface area contributed by atoms with Crippen molar-refractivity contribution < 1.29 is 14.3 Å². The molecule has 0 saturated carbocycles. The molecular formula is C15H17N3O3S. The maximum Gasteiger partial charge on any atom is 0.278 e. The van der Waals surface area contributed by atoms with Gasteiger partial charge >= 0.3 is 0 Å². The van der Waals surface area contributed by atoms with Gasteiger partial charge in [0.05, 0.1) is 20.1 Å². The minimum Gasteiger partial charge on any atom is -0.477 e. The number of likely N-dealkylation sites (tertiary alicyclic amines) is 1. The molecule has 1 atom stereocenters. The van der Waals surface area contributed by atoms with Gasteiger partial charge in [-0.1, -0.05) is 0 Å². The van der Waals surface area contributed by atoms with E-state index < -0.39 is 0 Å². The second-order valence-electron chi connectivity index (χ2n) is 5.05. The SMILES string of the molecule is COc1nccnc1OC1CCN(C(=O)Cc2ccsc2)C1. The number of carbonyl (C=O) groups is 1. The van der Waals surface area contributed by atoms with Crippen molar-refractivity contribution in [2.45, 2.75) is 18.9 Å². The largest absolute Gasteiger partial charge is 0.477 e. The summed E-state index contributed by atoms with van der Waals surface area (Å²) in [5, 5.41) is 3.99. The molecule has 1 amide bonds. The third-order valence-electron chi connectivity index (χ3n) is 3.54. The Morgan fingerprint density at radius 3 is 2.95 bits per heavy atom. The van der Waals surface area contributed by atoms with Crippen LogP contribution in [-0.4, -0.2) is 47.1 Å². The van der Waals surface area contributed by atoms with Gasteiger partial charge in [-0.15, -0.1) is 0 Å². The van der Waals surface area contributed by atoms with Crippen molar-refractivity contribution in [3.05, 3.63) is 34.8 Å². The minimum absolute atomic E-state index is 0.0722. The predicted molar refractivity (Wildman–Crippen MR) is 82.2 cm³/mol. The average molecular weight is 319 g/mol. The lowest BCUT2D eigenvalue weighted by Crippen LogP contribution is -2.32. The van der Waals surface area contributed by atoms with Gasteiger partial charge in [-0.25, -0.2) is 9.97 Å². The highest BCUT2D eigenvalue weighted by Gasteiger charge is 2.28. The molecule has 3 rings (SSSR count). The zero-order valence-corrected chi connectivity index (χ0v) is 13.1. The van der Waals surface area contributed by atoms with Crippen molar-refractivity contribution in [3.8, 4) is 11.8 Å². The maximum absolute atomic E-state index is 12.3. The fourth-order valence-electron chi connectivity index (χ4n) is 2.42. The summed E-state index contributed by atoms with van der Waals surface area (Å²) >= 11 is 1.61. The molecule has 2 aromatic rings. The van der Waals surface area contributed by atoms with Crippen LogP contribution in [0.2, 0.25) is 0 Å². The topological polar surface area (TPSA) is 64.6 Å². The summed E-state index contributed by atoms with van der Waals surface area (Å²) in [4.78, 5) is 22.3. The molecule has 2 aromatic heterocycles. The van der Waals surface area contributed by atoms with Gasteiger partial charge in [-0.3, -0.25) is 4.79 Å². The van der Waals surface area contributed by atoms with Gasteiger partial charge in [0.2, 0.25) is 5.91 Å². The Labute approximate surface area is 132 Å². The molecule has 0 aliphatic carbocycles. The van der Waals surface area contributed by atoms with Crippen LogP contribution in [0.4, 0.5) is 0 Å². The molecular weight excluding hydrogens is 302 g/mol. The highest BCUT2D eigenvalue weighted by atomic mass is 32.1. The van der Waals surface area contributed by atoms with Gasteiger partial charge in [-0.2, -0.15) is 11.3 Å². The van der Waals surface area contributed by atoms with Gasteiger partial charge in [0.1, 0.15) is 6.10 Å². The summed E-state index contributed by atoms with van der Waals surface area (Å²) in [6, 6.07) is 1.98. The van der Waals surface area contributed by atoms with E-state index in [4.69, 9.17) is 9.47 Å². The molecule has 0 N–H and O–H groups in total. The van der Waals surface area contributed by atoms with Crippen LogP contribution in [0.5, 0.6) is 11.8 Å². The van der Waals surface area contributed by atoms with Gasteiger partial charge in [0, 0.05) is 25.4 Å². The second-order valence-corrected chi connectivity index (χ2v) is 5.83. The molecule has 116 valence electrons. The normalized spacial score (nSPS) is 17.5. The number of carbonyl (C=O) groups excluding carboxylic acids is 1. The van der Waals surface area contributed by atoms with E-state index in [-0.39, 0.29) is 12.0 Å². The number of thiophene rings is 1. The molecule has 0 aromatic carbocycles. The van der Waals surface area contributed by atoms with Gasteiger partial charge < -0.3 is 14.4 Å². The fourth-order valence-corrected chi connectivity index (χ4v) is 3.09. The standard InChI is InChI=1S/C15H17N3O3S/c1-20-14-15(17-5-4-16-14)21-12-2-6-18(9-12)13(19)8-11-3-7-22-10-11/h3-5,7,10,12H,2,6,8-9H2,1H3. The smallest absolute Gasteiger partial charge is 0.278 e. The van der Waals surface area contributed by atoms with E-state index in [9.17, 15) is 4.79 Å². The lowest BCUT2D eigenvalue weighted by atomic mass is 10.2. The summed E-state index contributed by atoms with van der Waals surface area (Å²) < 4.78 is 10.9. The highest BCUT2D eigenvalue weighted by molar-refractivity contribution is 7.07. The number of aromatic nitrogens is 2. The van der Waals surface area contributed by atoms with E-state index >= 15 is 0 Å². The van der Waals surface area contributed by atoms with Crippen LogP contribution in [0.1, 0.15) is 12.0 Å². The Bertz CT molecular complexity index is 633. The fraction of sp³-hybridized carbons (Fsp3) is 0.400. The average Bonchev–Trinajstić information content (AvgIpc) is 3.19. The van der Waals surface area contributed by atoms with Crippen LogP contribution in [0.3, 0.4) is 0 Å². The van der Waals surface area contributed by atoms with Crippen LogP contribution in [0.25, 0.3) is 0 Å². The van der Waals surface area contributed by atoms with Crippen molar-refractivity contribution in [3.63, 3.8) is 0 Å². The second kappa shape index (κ2) is 6.74. The Balaban J connectivity index is 1.57. The van der Waals surface area contributed by atoms with Crippen LogP contribution >= 0.6 is 11.3 Å². The van der Waals surface area contributed by atoms with E-state index in [1.54, 1.807) is 23.7 Å². The van der Waals surface area contributed by atoms with E-state index in [2.05, 4.69) is 9.97 Å². The first kappa shape index (κ1) is 14.8. The lowest BCUT2D eigenvalue weighted by molar-refractivity contribution is -0.129. The Hall–Kier alpha value is -2.15. The monoisotopic (exact) mass is 319 g/mol. The van der Waals surface area contributed by atoms with E-state index in [0.717, 1.165) is 12.0 Å². The number of ether oxygens (including phenoxy) is 2. The summed E-state index contributed by atoms with van der Waals surface area (Å²) in [5.74, 6) is 0.878. The van der Waals surface area contributed by atoms with Crippen LogP contribution in [-0.2, 0) is 11.2 Å². The number of nitrogens with zero attached hydrogens (tertiary/aromatic N) is 3. The molecule has 1 saturated heterocycles. The van der Waals surface area contributed by atoms with E-state index in [0.29, 0.717) is 31.3 Å². The zero-order chi connectivity index (χ0) is 15.4. The Morgan fingerprint density at radius 2 is 2.23 bits per heavy atom. The third-order valence-corrected chi connectivity index (χ3v) is 4.27. The number of methoxy groups -OCH3 is 1. The van der Waals surface area contributed by atoms with Crippen LogP contribution < -0.4 is 9.47 Å². The van der Waals surface area contributed by atoms with E-state index in [1.165, 1.54) is 7.11 Å². The van der Waals surface area contributed by atoms with Gasteiger partial charge in [-0.05, 0) is 22.4 Å².